The van der Waals surface area contributed by atoms with Crippen molar-refractivity contribution in [3.8, 4) is 0 Å². The lowest BCUT2D eigenvalue weighted by Crippen LogP contribution is -2.44. The Hall–Kier alpha value is -1.52. The Bertz CT molecular complexity index is 478. The fraction of sp³-hybridized carbons (Fsp3) is 0.400. The van der Waals surface area contributed by atoms with E-state index < -0.39 is 11.7 Å². The predicted molar refractivity (Wildman–Crippen MR) is 82.5 cm³/mol. The van der Waals surface area contributed by atoms with Crippen LogP contribution in [0.4, 0.5) is 4.79 Å². The molecule has 20 heavy (non-hydrogen) atoms. The fourth-order valence-corrected chi connectivity index (χ4v) is 1.65. The van der Waals surface area contributed by atoms with Gasteiger partial charge in [-0.3, -0.25) is 0 Å². The third-order valence-electron chi connectivity index (χ3n) is 2.49. The first-order valence-corrected chi connectivity index (χ1v) is 6.72. The van der Waals surface area contributed by atoms with Crippen LogP contribution in [-0.4, -0.2) is 30.3 Å². The number of benzene rings is 1. The third-order valence-corrected chi connectivity index (χ3v) is 2.74. The Balaban J connectivity index is 2.71. The summed E-state index contributed by atoms with van der Waals surface area (Å²) in [5.74, 6) is 0. The second-order valence-electron chi connectivity index (χ2n) is 5.40. The lowest BCUT2D eigenvalue weighted by atomic mass is 10.1. The third kappa shape index (κ3) is 5.23. The van der Waals surface area contributed by atoms with Crippen LogP contribution >= 0.6 is 11.6 Å². The first-order valence-electron chi connectivity index (χ1n) is 6.34. The van der Waals surface area contributed by atoms with Crippen molar-refractivity contribution in [1.29, 1.82) is 0 Å². The van der Waals surface area contributed by atoms with Gasteiger partial charge in [0.2, 0.25) is 0 Å². The molecule has 0 atom stereocenters. The molecule has 0 radical (unpaired) electrons. The molecule has 0 fully saturated rings. The minimum Gasteiger partial charge on any atom is -0.443 e. The first-order chi connectivity index (χ1) is 9.23. The quantitative estimate of drug-likeness (QED) is 0.861. The van der Waals surface area contributed by atoms with Crippen molar-refractivity contribution < 1.29 is 9.53 Å². The highest BCUT2D eigenvalue weighted by Gasteiger charge is 2.21. The molecule has 0 saturated carbocycles. The van der Waals surface area contributed by atoms with Crippen molar-refractivity contribution in [2.75, 3.05) is 13.6 Å². The Labute approximate surface area is 125 Å². The largest absolute Gasteiger partial charge is 0.443 e. The SMILES string of the molecule is C=C(CN(NC)C(=O)OC(C)(C)C)c1ccc(Cl)cc1. The van der Waals surface area contributed by atoms with Gasteiger partial charge in [-0.2, -0.15) is 0 Å². The molecule has 0 bridgehead atoms. The summed E-state index contributed by atoms with van der Waals surface area (Å²) in [5, 5.41) is 2.04. The van der Waals surface area contributed by atoms with Gasteiger partial charge in [0.05, 0.1) is 6.54 Å². The summed E-state index contributed by atoms with van der Waals surface area (Å²) in [5.41, 5.74) is 4.00. The van der Waals surface area contributed by atoms with Crippen LogP contribution in [0.15, 0.2) is 30.8 Å². The Morgan fingerprint density at radius 2 is 1.90 bits per heavy atom. The zero-order chi connectivity index (χ0) is 15.3. The van der Waals surface area contributed by atoms with Gasteiger partial charge in [0, 0.05) is 12.1 Å². The second kappa shape index (κ2) is 6.77. The maximum absolute atomic E-state index is 12.0. The number of ether oxygens (including phenoxy) is 1. The van der Waals surface area contributed by atoms with Gasteiger partial charge in [0.1, 0.15) is 5.60 Å². The number of halogens is 1. The van der Waals surface area contributed by atoms with E-state index in [9.17, 15) is 4.79 Å². The number of amides is 1. The van der Waals surface area contributed by atoms with Gasteiger partial charge < -0.3 is 4.74 Å². The van der Waals surface area contributed by atoms with Crippen molar-refractivity contribution in [2.24, 2.45) is 0 Å². The summed E-state index contributed by atoms with van der Waals surface area (Å²) < 4.78 is 5.31. The number of rotatable bonds is 4. The van der Waals surface area contributed by atoms with Crippen LogP contribution in [0.2, 0.25) is 5.02 Å². The van der Waals surface area contributed by atoms with Gasteiger partial charge in [0.25, 0.3) is 0 Å². The van der Waals surface area contributed by atoms with Crippen LogP contribution in [0.1, 0.15) is 26.3 Å². The van der Waals surface area contributed by atoms with Crippen LogP contribution in [-0.2, 0) is 4.74 Å². The minimum absolute atomic E-state index is 0.326. The molecule has 1 aromatic carbocycles. The predicted octanol–water partition coefficient (Wildman–Crippen LogP) is 3.72. The normalized spacial score (nSPS) is 11.1. The lowest BCUT2D eigenvalue weighted by molar-refractivity contribution is 0.0193. The number of hydrazine groups is 1. The van der Waals surface area contributed by atoms with Gasteiger partial charge in [-0.15, -0.1) is 0 Å². The summed E-state index contributed by atoms with van der Waals surface area (Å²) in [7, 11) is 1.67. The Kier molecular flexibility index (Phi) is 5.60. The van der Waals surface area contributed by atoms with Crippen LogP contribution in [0, 0.1) is 0 Å². The first kappa shape index (κ1) is 16.5. The van der Waals surface area contributed by atoms with E-state index in [0.717, 1.165) is 11.1 Å². The maximum atomic E-state index is 12.0. The summed E-state index contributed by atoms with van der Waals surface area (Å²) in [4.78, 5) is 12.0. The van der Waals surface area contributed by atoms with Crippen molar-refractivity contribution >= 4 is 23.3 Å². The molecule has 1 rings (SSSR count). The van der Waals surface area contributed by atoms with Gasteiger partial charge in [-0.25, -0.2) is 15.2 Å². The molecule has 110 valence electrons. The molecule has 0 aromatic heterocycles. The Morgan fingerprint density at radius 1 is 1.35 bits per heavy atom. The summed E-state index contributed by atoms with van der Waals surface area (Å²) in [6.07, 6.45) is -0.435. The number of carbonyl (C=O) groups excluding carboxylic acids is 1. The zero-order valence-corrected chi connectivity index (χ0v) is 13.1. The molecule has 0 saturated heterocycles. The van der Waals surface area contributed by atoms with E-state index in [4.69, 9.17) is 16.3 Å². The van der Waals surface area contributed by atoms with E-state index >= 15 is 0 Å². The number of hydrogen-bond donors (Lipinski definition) is 1. The Morgan fingerprint density at radius 3 is 2.35 bits per heavy atom. The van der Waals surface area contributed by atoms with E-state index in [2.05, 4.69) is 12.0 Å². The maximum Gasteiger partial charge on any atom is 0.425 e. The van der Waals surface area contributed by atoms with Crippen molar-refractivity contribution in [3.05, 3.63) is 41.4 Å². The summed E-state index contributed by atoms with van der Waals surface area (Å²) in [6.45, 7) is 9.79. The molecule has 4 nitrogen and oxygen atoms in total. The summed E-state index contributed by atoms with van der Waals surface area (Å²) in [6, 6.07) is 7.32. The number of nitrogens with zero attached hydrogens (tertiary/aromatic N) is 1. The molecule has 5 heteroatoms. The molecular formula is C15H21ClN2O2. The monoisotopic (exact) mass is 296 g/mol. The van der Waals surface area contributed by atoms with E-state index in [1.807, 2.05) is 32.9 Å². The van der Waals surface area contributed by atoms with Gasteiger partial charge in [-0.05, 0) is 44.0 Å². The molecule has 0 aliphatic rings. The second-order valence-corrected chi connectivity index (χ2v) is 5.84. The fourth-order valence-electron chi connectivity index (χ4n) is 1.52. The summed E-state index contributed by atoms with van der Waals surface area (Å²) >= 11 is 5.85. The lowest BCUT2D eigenvalue weighted by Gasteiger charge is -2.27. The molecule has 1 amide bonds. The molecule has 1 aromatic rings. The highest BCUT2D eigenvalue weighted by atomic mass is 35.5. The van der Waals surface area contributed by atoms with Crippen LogP contribution in [0.5, 0.6) is 0 Å². The van der Waals surface area contributed by atoms with Crippen LogP contribution < -0.4 is 5.43 Å². The molecule has 0 aliphatic carbocycles. The van der Waals surface area contributed by atoms with Gasteiger partial charge >= 0.3 is 6.09 Å². The smallest absolute Gasteiger partial charge is 0.425 e. The van der Waals surface area contributed by atoms with E-state index in [1.165, 1.54) is 5.01 Å². The molecule has 1 N–H and O–H groups in total. The minimum atomic E-state index is -0.534. The van der Waals surface area contributed by atoms with E-state index in [1.54, 1.807) is 19.2 Å². The highest BCUT2D eigenvalue weighted by molar-refractivity contribution is 6.30. The topological polar surface area (TPSA) is 41.6 Å². The van der Waals surface area contributed by atoms with Crippen molar-refractivity contribution in [2.45, 2.75) is 26.4 Å². The molecular weight excluding hydrogens is 276 g/mol. The molecule has 0 spiro atoms. The molecule has 0 aliphatic heterocycles. The van der Waals surface area contributed by atoms with E-state index in [0.29, 0.717) is 11.6 Å². The molecule has 0 unspecified atom stereocenters. The van der Waals surface area contributed by atoms with E-state index in [-0.39, 0.29) is 0 Å². The number of carbonyl (C=O) groups is 1. The van der Waals surface area contributed by atoms with Crippen molar-refractivity contribution in [1.82, 2.24) is 10.4 Å². The van der Waals surface area contributed by atoms with Crippen molar-refractivity contribution in [3.63, 3.8) is 0 Å². The highest BCUT2D eigenvalue weighted by Crippen LogP contribution is 2.17. The number of nitrogens with one attached hydrogen (secondary N) is 1. The van der Waals surface area contributed by atoms with Crippen LogP contribution in [0.3, 0.4) is 0 Å². The number of hydrogen-bond acceptors (Lipinski definition) is 3. The van der Waals surface area contributed by atoms with Gasteiger partial charge in [0.15, 0.2) is 0 Å². The average Bonchev–Trinajstić information content (AvgIpc) is 2.34. The molecule has 0 heterocycles. The van der Waals surface area contributed by atoms with Gasteiger partial charge in [-0.1, -0.05) is 30.3 Å². The standard InChI is InChI=1S/C15H21ClN2O2/c1-11(12-6-8-13(16)9-7-12)10-18(17-5)14(19)20-15(2,3)4/h6-9,17H,1,10H2,2-5H3. The zero-order valence-electron chi connectivity index (χ0n) is 12.4. The van der Waals surface area contributed by atoms with Crippen LogP contribution in [0.25, 0.3) is 5.57 Å². The average molecular weight is 297 g/mol.